The third-order valence-electron chi connectivity index (χ3n) is 3.63. The lowest BCUT2D eigenvalue weighted by Crippen LogP contribution is -2.48. The molecule has 1 saturated heterocycles. The van der Waals surface area contributed by atoms with Gasteiger partial charge in [0, 0.05) is 0 Å². The maximum Gasteiger partial charge on any atom is 0.266 e. The summed E-state index contributed by atoms with van der Waals surface area (Å²) >= 11 is 0. The molecule has 19 heavy (non-hydrogen) atoms. The molecular formula is C13H18N2O4. The van der Waals surface area contributed by atoms with Crippen LogP contribution in [0.3, 0.4) is 0 Å². The van der Waals surface area contributed by atoms with Crippen molar-refractivity contribution in [3.05, 3.63) is 12.2 Å². The van der Waals surface area contributed by atoms with Crippen LogP contribution < -0.4 is 5.48 Å². The van der Waals surface area contributed by atoms with Crippen LogP contribution in [0.15, 0.2) is 12.2 Å². The van der Waals surface area contributed by atoms with Crippen molar-refractivity contribution in [2.24, 2.45) is 11.8 Å². The van der Waals surface area contributed by atoms with Crippen molar-refractivity contribution in [1.82, 2.24) is 10.4 Å². The number of hydrogen-bond donors (Lipinski definition) is 1. The summed E-state index contributed by atoms with van der Waals surface area (Å²) in [4.78, 5) is 42.1. The molecule has 1 aliphatic carbocycles. The summed E-state index contributed by atoms with van der Waals surface area (Å²) in [5, 5.41) is 0. The van der Waals surface area contributed by atoms with Gasteiger partial charge in [-0.1, -0.05) is 12.2 Å². The molecule has 0 aromatic rings. The van der Waals surface area contributed by atoms with Crippen molar-refractivity contribution in [2.45, 2.75) is 32.7 Å². The van der Waals surface area contributed by atoms with Crippen LogP contribution in [0.25, 0.3) is 0 Å². The van der Waals surface area contributed by atoms with Crippen LogP contribution in [0.5, 0.6) is 0 Å². The van der Waals surface area contributed by atoms with E-state index >= 15 is 0 Å². The average Bonchev–Trinajstić information content (AvgIpc) is 2.68. The maximum absolute atomic E-state index is 12.2. The number of fused-ring (bicyclic) bond motifs is 1. The van der Waals surface area contributed by atoms with Crippen LogP contribution >= 0.6 is 0 Å². The highest BCUT2D eigenvalue weighted by molar-refractivity contribution is 6.08. The second-order valence-corrected chi connectivity index (χ2v) is 4.78. The van der Waals surface area contributed by atoms with Crippen molar-refractivity contribution in [2.75, 3.05) is 6.61 Å². The molecular weight excluding hydrogens is 248 g/mol. The lowest BCUT2D eigenvalue weighted by molar-refractivity contribution is -0.151. The van der Waals surface area contributed by atoms with Gasteiger partial charge in [-0.2, -0.15) is 0 Å². The van der Waals surface area contributed by atoms with Gasteiger partial charge in [-0.05, 0) is 26.7 Å². The van der Waals surface area contributed by atoms with E-state index in [9.17, 15) is 14.4 Å². The number of allylic oxidation sites excluding steroid dienone is 2. The first-order valence-electron chi connectivity index (χ1n) is 6.51. The highest BCUT2D eigenvalue weighted by atomic mass is 16.6. The molecule has 0 radical (unpaired) electrons. The van der Waals surface area contributed by atoms with E-state index in [-0.39, 0.29) is 23.7 Å². The first-order valence-corrected chi connectivity index (χ1v) is 6.51. The summed E-state index contributed by atoms with van der Waals surface area (Å²) in [5.41, 5.74) is 2.23. The standard InChI is InChI=1S/C13H18N2O4/c1-3-19-14-11(16)8(2)15-12(17)9-6-4-5-7-10(9)13(15)18/h4-5,8-10H,3,6-7H2,1-2H3,(H,14,16). The van der Waals surface area contributed by atoms with Gasteiger partial charge in [0.25, 0.3) is 5.91 Å². The van der Waals surface area contributed by atoms with Gasteiger partial charge in [0.05, 0.1) is 18.4 Å². The lowest BCUT2D eigenvalue weighted by atomic mass is 9.85. The molecule has 1 N–H and O–H groups in total. The van der Waals surface area contributed by atoms with Gasteiger partial charge in [-0.15, -0.1) is 0 Å². The Labute approximate surface area is 111 Å². The molecule has 6 heteroatoms. The van der Waals surface area contributed by atoms with E-state index in [1.807, 2.05) is 12.2 Å². The molecule has 0 aromatic carbocycles. The third-order valence-corrected chi connectivity index (χ3v) is 3.63. The number of imide groups is 1. The molecule has 2 aliphatic rings. The maximum atomic E-state index is 12.2. The molecule has 2 rings (SSSR count). The number of amides is 3. The van der Waals surface area contributed by atoms with Crippen molar-refractivity contribution < 1.29 is 19.2 Å². The summed E-state index contributed by atoms with van der Waals surface area (Å²) in [7, 11) is 0. The summed E-state index contributed by atoms with van der Waals surface area (Å²) in [5.74, 6) is -1.59. The van der Waals surface area contributed by atoms with E-state index in [0.29, 0.717) is 19.4 Å². The Morgan fingerprint density at radius 2 is 1.89 bits per heavy atom. The summed E-state index contributed by atoms with van der Waals surface area (Å²) in [6.07, 6.45) is 4.98. The fourth-order valence-corrected chi connectivity index (χ4v) is 2.55. The van der Waals surface area contributed by atoms with E-state index < -0.39 is 11.9 Å². The van der Waals surface area contributed by atoms with Gasteiger partial charge in [0.1, 0.15) is 6.04 Å². The fraction of sp³-hybridized carbons (Fsp3) is 0.615. The molecule has 1 heterocycles. The molecule has 0 saturated carbocycles. The van der Waals surface area contributed by atoms with Gasteiger partial charge in [-0.3, -0.25) is 24.1 Å². The molecule has 0 aromatic heterocycles. The molecule has 1 fully saturated rings. The van der Waals surface area contributed by atoms with Crippen molar-refractivity contribution >= 4 is 17.7 Å². The molecule has 3 unspecified atom stereocenters. The number of rotatable bonds is 4. The largest absolute Gasteiger partial charge is 0.274 e. The molecule has 3 amide bonds. The molecule has 3 atom stereocenters. The number of nitrogens with one attached hydrogen (secondary N) is 1. The monoisotopic (exact) mass is 266 g/mol. The number of carbonyl (C=O) groups excluding carboxylic acids is 3. The average molecular weight is 266 g/mol. The van der Waals surface area contributed by atoms with E-state index in [1.165, 1.54) is 6.92 Å². The Morgan fingerprint density at radius 1 is 1.37 bits per heavy atom. The second-order valence-electron chi connectivity index (χ2n) is 4.78. The number of likely N-dealkylation sites (tertiary alicyclic amines) is 1. The zero-order valence-corrected chi connectivity index (χ0v) is 11.1. The van der Waals surface area contributed by atoms with E-state index in [4.69, 9.17) is 4.84 Å². The normalized spacial score (nSPS) is 27.4. The molecule has 0 bridgehead atoms. The Kier molecular flexibility index (Phi) is 3.99. The number of hydroxylamine groups is 1. The third kappa shape index (κ3) is 2.40. The van der Waals surface area contributed by atoms with Gasteiger partial charge < -0.3 is 0 Å². The minimum absolute atomic E-state index is 0.251. The Bertz CT molecular complexity index is 406. The first-order chi connectivity index (χ1) is 9.07. The van der Waals surface area contributed by atoms with Crippen LogP contribution in [0.2, 0.25) is 0 Å². The molecule has 0 spiro atoms. The van der Waals surface area contributed by atoms with Crippen LogP contribution in [0.4, 0.5) is 0 Å². The van der Waals surface area contributed by atoms with Gasteiger partial charge in [0.2, 0.25) is 11.8 Å². The summed E-state index contributed by atoms with van der Waals surface area (Å²) in [6, 6.07) is -0.836. The zero-order chi connectivity index (χ0) is 14.0. The Morgan fingerprint density at radius 3 is 2.37 bits per heavy atom. The number of carbonyl (C=O) groups is 3. The predicted octanol–water partition coefficient (Wildman–Crippen LogP) is 0.394. The van der Waals surface area contributed by atoms with E-state index in [1.54, 1.807) is 6.92 Å². The second kappa shape index (κ2) is 5.52. The molecule has 6 nitrogen and oxygen atoms in total. The van der Waals surface area contributed by atoms with Gasteiger partial charge >= 0.3 is 0 Å². The van der Waals surface area contributed by atoms with Crippen LogP contribution in [0, 0.1) is 11.8 Å². The SMILES string of the molecule is CCONC(=O)C(C)N1C(=O)C2CC=CCC2C1=O. The van der Waals surface area contributed by atoms with Crippen molar-refractivity contribution in [1.29, 1.82) is 0 Å². The number of hydrogen-bond acceptors (Lipinski definition) is 4. The van der Waals surface area contributed by atoms with E-state index in [2.05, 4.69) is 5.48 Å². The minimum Gasteiger partial charge on any atom is -0.274 e. The number of nitrogens with zero attached hydrogens (tertiary/aromatic N) is 1. The Hall–Kier alpha value is -1.69. The van der Waals surface area contributed by atoms with Crippen LogP contribution in [-0.4, -0.2) is 35.3 Å². The highest BCUT2D eigenvalue weighted by Gasteiger charge is 2.50. The van der Waals surface area contributed by atoms with Gasteiger partial charge in [-0.25, -0.2) is 5.48 Å². The van der Waals surface area contributed by atoms with Crippen LogP contribution in [0.1, 0.15) is 26.7 Å². The summed E-state index contributed by atoms with van der Waals surface area (Å²) < 4.78 is 0. The predicted molar refractivity (Wildman–Crippen MR) is 66.4 cm³/mol. The quantitative estimate of drug-likeness (QED) is 0.454. The topological polar surface area (TPSA) is 75.7 Å². The smallest absolute Gasteiger partial charge is 0.266 e. The lowest BCUT2D eigenvalue weighted by Gasteiger charge is -2.21. The van der Waals surface area contributed by atoms with Crippen molar-refractivity contribution in [3.63, 3.8) is 0 Å². The fourth-order valence-electron chi connectivity index (χ4n) is 2.55. The van der Waals surface area contributed by atoms with Gasteiger partial charge in [0.15, 0.2) is 0 Å². The Balaban J connectivity index is 2.10. The van der Waals surface area contributed by atoms with E-state index in [0.717, 1.165) is 4.90 Å². The highest BCUT2D eigenvalue weighted by Crippen LogP contribution is 2.35. The molecule has 1 aliphatic heterocycles. The molecule has 104 valence electrons. The minimum atomic E-state index is -0.836. The van der Waals surface area contributed by atoms with Crippen LogP contribution in [-0.2, 0) is 19.2 Å². The summed E-state index contributed by atoms with van der Waals surface area (Å²) in [6.45, 7) is 3.60. The zero-order valence-electron chi connectivity index (χ0n) is 11.1. The first kappa shape index (κ1) is 13.7. The van der Waals surface area contributed by atoms with Crippen molar-refractivity contribution in [3.8, 4) is 0 Å².